The molecule has 0 radical (unpaired) electrons. The molecular weight excluding hydrogens is 437 g/mol. The second kappa shape index (κ2) is 9.60. The summed E-state index contributed by atoms with van der Waals surface area (Å²) in [6.07, 6.45) is 0. The molecule has 0 spiro atoms. The van der Waals surface area contributed by atoms with Crippen molar-refractivity contribution in [2.75, 3.05) is 11.9 Å². The van der Waals surface area contributed by atoms with E-state index in [4.69, 9.17) is 27.9 Å². The van der Waals surface area contributed by atoms with Crippen LogP contribution in [0.25, 0.3) is 0 Å². The fraction of sp³-hybridized carbons (Fsp3) is 0.211. The molecule has 3 aromatic rings. The standard InChI is InChI=1S/C19H17Cl2N3O2S2/c1-3-26-16-14(20)8-13(9-15(16)21)17(25)22-18-23-24-19(28-18)27-10-12-6-4-11(2)5-7-12/h4-9H,3,10H2,1-2H3,(H,22,23,25). The van der Waals surface area contributed by atoms with Crippen LogP contribution >= 0.6 is 46.3 Å². The molecule has 0 saturated carbocycles. The van der Waals surface area contributed by atoms with Crippen molar-refractivity contribution in [2.24, 2.45) is 0 Å². The Morgan fingerprint density at radius 1 is 1.18 bits per heavy atom. The molecule has 0 fully saturated rings. The Morgan fingerprint density at radius 2 is 1.86 bits per heavy atom. The van der Waals surface area contributed by atoms with Crippen LogP contribution in [0.15, 0.2) is 40.7 Å². The van der Waals surface area contributed by atoms with Crippen LogP contribution in [-0.2, 0) is 5.75 Å². The van der Waals surface area contributed by atoms with Gasteiger partial charge in [0.15, 0.2) is 10.1 Å². The molecule has 0 bridgehead atoms. The number of thioether (sulfide) groups is 1. The summed E-state index contributed by atoms with van der Waals surface area (Å²) in [5.74, 6) is 0.790. The van der Waals surface area contributed by atoms with Crippen molar-refractivity contribution in [1.29, 1.82) is 0 Å². The van der Waals surface area contributed by atoms with E-state index in [1.807, 2.05) is 6.92 Å². The quantitative estimate of drug-likeness (QED) is 0.345. The summed E-state index contributed by atoms with van der Waals surface area (Å²) >= 11 is 15.2. The first-order valence-corrected chi connectivity index (χ1v) is 11.0. The van der Waals surface area contributed by atoms with Crippen molar-refractivity contribution in [3.8, 4) is 5.75 Å². The number of carbonyl (C=O) groups is 1. The summed E-state index contributed by atoms with van der Waals surface area (Å²) in [7, 11) is 0. The van der Waals surface area contributed by atoms with Gasteiger partial charge in [0.1, 0.15) is 0 Å². The topological polar surface area (TPSA) is 64.1 Å². The van der Waals surface area contributed by atoms with Crippen molar-refractivity contribution in [3.63, 3.8) is 0 Å². The molecule has 0 aliphatic carbocycles. The minimum absolute atomic E-state index is 0.283. The number of hydrogen-bond donors (Lipinski definition) is 1. The van der Waals surface area contributed by atoms with Crippen molar-refractivity contribution < 1.29 is 9.53 Å². The first-order chi connectivity index (χ1) is 13.5. The lowest BCUT2D eigenvalue weighted by Crippen LogP contribution is -2.12. The number of aryl methyl sites for hydroxylation is 1. The number of anilines is 1. The highest BCUT2D eigenvalue weighted by atomic mass is 35.5. The molecule has 1 amide bonds. The molecule has 1 N–H and O–H groups in total. The van der Waals surface area contributed by atoms with Crippen LogP contribution in [-0.4, -0.2) is 22.7 Å². The maximum atomic E-state index is 12.5. The van der Waals surface area contributed by atoms with Gasteiger partial charge in [-0.05, 0) is 31.5 Å². The first-order valence-electron chi connectivity index (χ1n) is 8.41. The Kier molecular flexibility index (Phi) is 7.18. The van der Waals surface area contributed by atoms with Gasteiger partial charge in [-0.3, -0.25) is 10.1 Å². The molecule has 2 aromatic carbocycles. The number of benzene rings is 2. The van der Waals surface area contributed by atoms with Gasteiger partial charge >= 0.3 is 0 Å². The average Bonchev–Trinajstić information content (AvgIpc) is 3.11. The minimum Gasteiger partial charge on any atom is -0.491 e. The second-order valence-electron chi connectivity index (χ2n) is 5.80. The second-order valence-corrected chi connectivity index (χ2v) is 8.82. The van der Waals surface area contributed by atoms with Gasteiger partial charge in [0.25, 0.3) is 5.91 Å². The zero-order chi connectivity index (χ0) is 20.1. The minimum atomic E-state index is -0.363. The van der Waals surface area contributed by atoms with Crippen molar-refractivity contribution in [2.45, 2.75) is 23.9 Å². The van der Waals surface area contributed by atoms with E-state index >= 15 is 0 Å². The molecule has 0 unspecified atom stereocenters. The molecule has 28 heavy (non-hydrogen) atoms. The molecule has 9 heteroatoms. The van der Waals surface area contributed by atoms with Crippen LogP contribution in [0, 0.1) is 6.92 Å². The molecule has 0 atom stereocenters. The number of hydrogen-bond acceptors (Lipinski definition) is 6. The third-order valence-electron chi connectivity index (χ3n) is 3.66. The number of aromatic nitrogens is 2. The van der Waals surface area contributed by atoms with Crippen LogP contribution in [0.1, 0.15) is 28.4 Å². The first kappa shape index (κ1) is 20.9. The van der Waals surface area contributed by atoms with E-state index in [1.54, 1.807) is 11.8 Å². The van der Waals surface area contributed by atoms with E-state index < -0.39 is 0 Å². The lowest BCUT2D eigenvalue weighted by atomic mass is 10.2. The van der Waals surface area contributed by atoms with Gasteiger partial charge < -0.3 is 4.74 Å². The molecule has 0 saturated heterocycles. The number of amides is 1. The van der Waals surface area contributed by atoms with Crippen molar-refractivity contribution in [1.82, 2.24) is 10.2 Å². The van der Waals surface area contributed by atoms with E-state index in [2.05, 4.69) is 46.7 Å². The monoisotopic (exact) mass is 453 g/mol. The molecule has 3 rings (SSSR count). The van der Waals surface area contributed by atoms with Gasteiger partial charge in [-0.2, -0.15) is 0 Å². The van der Waals surface area contributed by atoms with Crippen LogP contribution in [0.4, 0.5) is 5.13 Å². The van der Waals surface area contributed by atoms with Gasteiger partial charge in [-0.15, -0.1) is 10.2 Å². The molecule has 0 aliphatic rings. The number of nitrogens with zero attached hydrogens (tertiary/aromatic N) is 2. The normalized spacial score (nSPS) is 10.7. The number of halogens is 2. The summed E-state index contributed by atoms with van der Waals surface area (Å²) < 4.78 is 6.15. The number of ether oxygens (including phenoxy) is 1. The summed E-state index contributed by atoms with van der Waals surface area (Å²) in [6.45, 7) is 4.32. The van der Waals surface area contributed by atoms with E-state index in [9.17, 15) is 4.79 Å². The average molecular weight is 454 g/mol. The highest BCUT2D eigenvalue weighted by molar-refractivity contribution is 8.00. The maximum absolute atomic E-state index is 12.5. The lowest BCUT2D eigenvalue weighted by Gasteiger charge is -2.09. The Hall–Kier alpha value is -1.80. The molecule has 0 aliphatic heterocycles. The third kappa shape index (κ3) is 5.38. The number of carbonyl (C=O) groups excluding carboxylic acids is 1. The van der Waals surface area contributed by atoms with E-state index in [1.165, 1.54) is 34.6 Å². The molecule has 1 heterocycles. The number of rotatable bonds is 7. The Labute approximate surface area is 181 Å². The maximum Gasteiger partial charge on any atom is 0.257 e. The molecule has 1 aromatic heterocycles. The smallest absolute Gasteiger partial charge is 0.257 e. The molecular formula is C19H17Cl2N3O2S2. The van der Waals surface area contributed by atoms with Crippen molar-refractivity contribution >= 4 is 57.3 Å². The summed E-state index contributed by atoms with van der Waals surface area (Å²) in [5, 5.41) is 11.8. The Balaban J connectivity index is 1.63. The zero-order valence-electron chi connectivity index (χ0n) is 15.2. The van der Waals surface area contributed by atoms with Gasteiger partial charge in [0, 0.05) is 11.3 Å². The Morgan fingerprint density at radius 3 is 2.50 bits per heavy atom. The van der Waals surface area contributed by atoms with Gasteiger partial charge in [-0.25, -0.2) is 0 Å². The molecule has 146 valence electrons. The Bertz CT molecular complexity index is 955. The van der Waals surface area contributed by atoms with E-state index in [-0.39, 0.29) is 16.0 Å². The molecule has 5 nitrogen and oxygen atoms in total. The highest BCUT2D eigenvalue weighted by Crippen LogP contribution is 2.35. The summed E-state index contributed by atoms with van der Waals surface area (Å²) in [6, 6.07) is 11.4. The SMILES string of the molecule is CCOc1c(Cl)cc(C(=O)Nc2nnc(SCc3ccc(C)cc3)s2)cc1Cl. The van der Waals surface area contributed by atoms with Crippen LogP contribution in [0.3, 0.4) is 0 Å². The predicted octanol–water partition coefficient (Wildman–Crippen LogP) is 6.10. The van der Waals surface area contributed by atoms with E-state index in [0.29, 0.717) is 23.1 Å². The van der Waals surface area contributed by atoms with Gasteiger partial charge in [0.05, 0.1) is 16.7 Å². The summed E-state index contributed by atoms with van der Waals surface area (Å²) in [5.41, 5.74) is 2.75. The summed E-state index contributed by atoms with van der Waals surface area (Å²) in [4.78, 5) is 12.5. The van der Waals surface area contributed by atoms with Crippen LogP contribution in [0.2, 0.25) is 10.0 Å². The lowest BCUT2D eigenvalue weighted by molar-refractivity contribution is 0.102. The third-order valence-corrected chi connectivity index (χ3v) is 6.26. The largest absolute Gasteiger partial charge is 0.491 e. The zero-order valence-corrected chi connectivity index (χ0v) is 18.3. The fourth-order valence-electron chi connectivity index (χ4n) is 2.29. The van der Waals surface area contributed by atoms with E-state index in [0.717, 1.165) is 10.1 Å². The fourth-order valence-corrected chi connectivity index (χ4v) is 4.59. The van der Waals surface area contributed by atoms with Crippen molar-refractivity contribution in [3.05, 3.63) is 63.1 Å². The highest BCUT2D eigenvalue weighted by Gasteiger charge is 2.16. The predicted molar refractivity (Wildman–Crippen MR) is 116 cm³/mol. The van der Waals surface area contributed by atoms with Crippen LogP contribution < -0.4 is 10.1 Å². The van der Waals surface area contributed by atoms with Gasteiger partial charge in [-0.1, -0.05) is 76.1 Å². The number of nitrogens with one attached hydrogen (secondary N) is 1. The van der Waals surface area contributed by atoms with Gasteiger partial charge in [0.2, 0.25) is 5.13 Å². The van der Waals surface area contributed by atoms with Crippen LogP contribution in [0.5, 0.6) is 5.75 Å².